The van der Waals surface area contributed by atoms with Gasteiger partial charge >= 0.3 is 6.18 Å². The Morgan fingerprint density at radius 2 is 2.15 bits per heavy atom. The third kappa shape index (κ3) is 4.27. The molecular formula is C11H10F3N3OS2. The molecule has 0 bridgehead atoms. The summed E-state index contributed by atoms with van der Waals surface area (Å²) in [6.45, 7) is 0. The van der Waals surface area contributed by atoms with E-state index in [9.17, 15) is 18.0 Å². The van der Waals surface area contributed by atoms with Gasteiger partial charge < -0.3 is 5.32 Å². The summed E-state index contributed by atoms with van der Waals surface area (Å²) in [6, 6.07) is 3.91. The largest absolute Gasteiger partial charge is 0.445 e. The number of carbonyl (C=O) groups excluding carboxylic acids is 1. The molecule has 2 heterocycles. The fraction of sp³-hybridized carbons (Fsp3) is 0.364. The number of halogens is 3. The molecule has 108 valence electrons. The van der Waals surface area contributed by atoms with Gasteiger partial charge in [0.25, 0.3) is 0 Å². The second kappa shape index (κ2) is 6.31. The van der Waals surface area contributed by atoms with E-state index >= 15 is 0 Å². The van der Waals surface area contributed by atoms with Crippen LogP contribution in [0.25, 0.3) is 0 Å². The van der Waals surface area contributed by atoms with E-state index in [2.05, 4.69) is 15.5 Å². The Labute approximate surface area is 120 Å². The first kappa shape index (κ1) is 14.9. The molecule has 20 heavy (non-hydrogen) atoms. The van der Waals surface area contributed by atoms with Crippen molar-refractivity contribution < 1.29 is 18.0 Å². The summed E-state index contributed by atoms with van der Waals surface area (Å²) in [5.41, 5.74) is 0. The lowest BCUT2D eigenvalue weighted by atomic mass is 10.2. The van der Waals surface area contributed by atoms with Crippen LogP contribution in [-0.2, 0) is 17.4 Å². The Kier molecular flexibility index (Phi) is 4.71. The minimum Gasteiger partial charge on any atom is -0.301 e. The first-order valence-corrected chi connectivity index (χ1v) is 7.37. The van der Waals surface area contributed by atoms with Gasteiger partial charge in [0.15, 0.2) is 0 Å². The molecular weight excluding hydrogens is 311 g/mol. The zero-order chi connectivity index (χ0) is 14.6. The molecule has 0 spiro atoms. The molecule has 0 aliphatic rings. The molecule has 0 saturated heterocycles. The number of aryl methyl sites for hydroxylation is 1. The molecule has 0 radical (unpaired) electrons. The third-order valence-electron chi connectivity index (χ3n) is 2.32. The molecule has 0 aliphatic heterocycles. The van der Waals surface area contributed by atoms with Crippen LogP contribution >= 0.6 is 22.7 Å². The van der Waals surface area contributed by atoms with Gasteiger partial charge in [-0.25, -0.2) is 0 Å². The number of aromatic nitrogens is 2. The van der Waals surface area contributed by atoms with Crippen LogP contribution in [0.4, 0.5) is 18.3 Å². The molecule has 0 atom stereocenters. The maximum absolute atomic E-state index is 12.3. The van der Waals surface area contributed by atoms with E-state index in [1.807, 2.05) is 17.5 Å². The predicted octanol–water partition coefficient (Wildman–Crippen LogP) is 3.58. The summed E-state index contributed by atoms with van der Waals surface area (Å²) in [5, 5.41) is 9.38. The number of hydrogen-bond donors (Lipinski definition) is 1. The molecule has 9 heteroatoms. The SMILES string of the molecule is O=C(CCCc1cccs1)Nc1nnc(C(F)(F)F)s1. The molecule has 1 N–H and O–H groups in total. The topological polar surface area (TPSA) is 54.9 Å². The first-order valence-electron chi connectivity index (χ1n) is 5.68. The number of alkyl halides is 3. The van der Waals surface area contributed by atoms with Crippen LogP contribution in [0, 0.1) is 0 Å². The molecule has 1 amide bonds. The smallest absolute Gasteiger partial charge is 0.301 e. The van der Waals surface area contributed by atoms with Crippen LogP contribution in [0.5, 0.6) is 0 Å². The van der Waals surface area contributed by atoms with Gasteiger partial charge in [-0.15, -0.1) is 21.5 Å². The predicted molar refractivity (Wildman–Crippen MR) is 70.8 cm³/mol. The van der Waals surface area contributed by atoms with Crippen LogP contribution in [0.3, 0.4) is 0 Å². The molecule has 0 saturated carbocycles. The van der Waals surface area contributed by atoms with Crippen molar-refractivity contribution in [1.29, 1.82) is 0 Å². The summed E-state index contributed by atoms with van der Waals surface area (Å²) < 4.78 is 36.9. The zero-order valence-electron chi connectivity index (χ0n) is 10.1. The van der Waals surface area contributed by atoms with E-state index in [4.69, 9.17) is 0 Å². The highest BCUT2D eigenvalue weighted by Gasteiger charge is 2.35. The molecule has 0 aliphatic carbocycles. The normalized spacial score (nSPS) is 11.6. The minimum atomic E-state index is -4.53. The van der Waals surface area contributed by atoms with E-state index in [1.54, 1.807) is 11.3 Å². The summed E-state index contributed by atoms with van der Waals surface area (Å²) in [4.78, 5) is 12.7. The lowest BCUT2D eigenvalue weighted by molar-refractivity contribution is -0.138. The average molecular weight is 321 g/mol. The molecule has 2 aromatic rings. The molecule has 0 fully saturated rings. The standard InChI is InChI=1S/C11H10F3N3OS2/c12-11(13,14)9-16-17-10(20-9)15-8(18)5-1-3-7-4-2-6-19-7/h2,4,6H,1,3,5H2,(H,15,17,18). The van der Waals surface area contributed by atoms with Gasteiger partial charge in [-0.05, 0) is 24.3 Å². The van der Waals surface area contributed by atoms with Gasteiger partial charge in [0.2, 0.25) is 16.0 Å². The van der Waals surface area contributed by atoms with E-state index in [-0.39, 0.29) is 17.5 Å². The van der Waals surface area contributed by atoms with Crippen molar-refractivity contribution in [1.82, 2.24) is 10.2 Å². The van der Waals surface area contributed by atoms with Gasteiger partial charge in [0.1, 0.15) is 0 Å². The number of rotatable bonds is 5. The Balaban J connectivity index is 1.78. The van der Waals surface area contributed by atoms with Crippen molar-refractivity contribution >= 4 is 33.7 Å². The number of hydrogen-bond acceptors (Lipinski definition) is 5. The van der Waals surface area contributed by atoms with E-state index < -0.39 is 11.2 Å². The fourth-order valence-electron chi connectivity index (χ4n) is 1.45. The summed E-state index contributed by atoms with van der Waals surface area (Å²) in [6.07, 6.45) is -2.88. The van der Waals surface area contributed by atoms with Crippen molar-refractivity contribution in [3.63, 3.8) is 0 Å². The molecule has 0 aromatic carbocycles. The first-order chi connectivity index (χ1) is 9.45. The maximum atomic E-state index is 12.3. The van der Waals surface area contributed by atoms with Crippen LogP contribution in [-0.4, -0.2) is 16.1 Å². The Bertz CT molecular complexity index is 566. The highest BCUT2D eigenvalue weighted by molar-refractivity contribution is 7.15. The molecule has 4 nitrogen and oxygen atoms in total. The van der Waals surface area contributed by atoms with Gasteiger partial charge in [0, 0.05) is 11.3 Å². The highest BCUT2D eigenvalue weighted by atomic mass is 32.1. The fourth-order valence-corrected chi connectivity index (χ4v) is 2.83. The summed E-state index contributed by atoms with van der Waals surface area (Å²) in [5.74, 6) is -0.355. The van der Waals surface area contributed by atoms with Crippen LogP contribution in [0.1, 0.15) is 22.7 Å². The van der Waals surface area contributed by atoms with Crippen LogP contribution in [0.2, 0.25) is 0 Å². The summed E-state index contributed by atoms with van der Waals surface area (Å²) >= 11 is 1.93. The maximum Gasteiger partial charge on any atom is 0.445 e. The number of anilines is 1. The van der Waals surface area contributed by atoms with Gasteiger partial charge in [-0.2, -0.15) is 13.2 Å². The van der Waals surface area contributed by atoms with Crippen LogP contribution in [0.15, 0.2) is 17.5 Å². The molecule has 2 aromatic heterocycles. The zero-order valence-corrected chi connectivity index (χ0v) is 11.7. The van der Waals surface area contributed by atoms with Crippen LogP contribution < -0.4 is 5.32 Å². The van der Waals surface area contributed by atoms with Crippen molar-refractivity contribution in [3.05, 3.63) is 27.4 Å². The molecule has 0 unspecified atom stereocenters. The molecule has 2 rings (SSSR count). The van der Waals surface area contributed by atoms with E-state index in [1.165, 1.54) is 4.88 Å². The highest BCUT2D eigenvalue weighted by Crippen LogP contribution is 2.33. The number of nitrogens with zero attached hydrogens (tertiary/aromatic N) is 2. The van der Waals surface area contributed by atoms with Crippen molar-refractivity contribution in [2.75, 3.05) is 5.32 Å². The summed E-state index contributed by atoms with van der Waals surface area (Å²) in [7, 11) is 0. The second-order valence-corrected chi connectivity index (χ2v) is 5.90. The Morgan fingerprint density at radius 3 is 2.75 bits per heavy atom. The minimum absolute atomic E-state index is 0.126. The number of carbonyl (C=O) groups is 1. The van der Waals surface area contributed by atoms with Gasteiger partial charge in [-0.1, -0.05) is 17.4 Å². The Morgan fingerprint density at radius 1 is 1.35 bits per heavy atom. The number of nitrogens with one attached hydrogen (secondary N) is 1. The number of amides is 1. The van der Waals surface area contributed by atoms with Gasteiger partial charge in [-0.3, -0.25) is 4.79 Å². The van der Waals surface area contributed by atoms with Crippen molar-refractivity contribution in [3.8, 4) is 0 Å². The quantitative estimate of drug-likeness (QED) is 0.916. The van der Waals surface area contributed by atoms with Crippen molar-refractivity contribution in [2.45, 2.75) is 25.4 Å². The number of thiophene rings is 1. The van der Waals surface area contributed by atoms with E-state index in [0.717, 1.165) is 6.42 Å². The average Bonchev–Trinajstić information content (AvgIpc) is 2.98. The second-order valence-electron chi connectivity index (χ2n) is 3.89. The van der Waals surface area contributed by atoms with E-state index in [0.29, 0.717) is 17.8 Å². The monoisotopic (exact) mass is 321 g/mol. The van der Waals surface area contributed by atoms with Crippen molar-refractivity contribution in [2.24, 2.45) is 0 Å². The van der Waals surface area contributed by atoms with Gasteiger partial charge in [0.05, 0.1) is 0 Å². The lowest BCUT2D eigenvalue weighted by Crippen LogP contribution is -2.11. The lowest BCUT2D eigenvalue weighted by Gasteiger charge is -2.00. The Hall–Kier alpha value is -1.48. The third-order valence-corrected chi connectivity index (χ3v) is 4.14.